The molecule has 0 saturated carbocycles. The van der Waals surface area contributed by atoms with Crippen molar-refractivity contribution < 1.29 is 9.53 Å². The molecule has 20 heavy (non-hydrogen) atoms. The van der Waals surface area contributed by atoms with Gasteiger partial charge in [0.2, 0.25) is 0 Å². The van der Waals surface area contributed by atoms with Gasteiger partial charge in [-0.25, -0.2) is 4.79 Å². The monoisotopic (exact) mass is 290 g/mol. The third-order valence-corrected chi connectivity index (χ3v) is 3.73. The Morgan fingerprint density at radius 3 is 2.90 bits per heavy atom. The van der Waals surface area contributed by atoms with Gasteiger partial charge < -0.3 is 4.74 Å². The van der Waals surface area contributed by atoms with E-state index < -0.39 is 6.04 Å². The van der Waals surface area contributed by atoms with Gasteiger partial charge in [0, 0.05) is 23.3 Å². The molecular formula is C15H18N2O2S. The van der Waals surface area contributed by atoms with E-state index in [1.807, 2.05) is 43.5 Å². The number of carbonyl (C=O) groups is 1. The summed E-state index contributed by atoms with van der Waals surface area (Å²) in [6.07, 6.45) is 1.72. The van der Waals surface area contributed by atoms with Crippen molar-refractivity contribution in [3.05, 3.63) is 52.0 Å². The van der Waals surface area contributed by atoms with Crippen LogP contribution in [0.2, 0.25) is 0 Å². The van der Waals surface area contributed by atoms with Gasteiger partial charge in [0.05, 0.1) is 6.61 Å². The highest BCUT2D eigenvalue weighted by Crippen LogP contribution is 2.16. The minimum absolute atomic E-state index is 0.269. The van der Waals surface area contributed by atoms with Gasteiger partial charge in [-0.05, 0) is 36.9 Å². The number of rotatable bonds is 6. The van der Waals surface area contributed by atoms with Crippen LogP contribution >= 0.6 is 11.3 Å². The fourth-order valence-electron chi connectivity index (χ4n) is 1.83. The van der Waals surface area contributed by atoms with E-state index in [9.17, 15) is 4.79 Å². The molecule has 0 saturated heterocycles. The molecule has 2 heterocycles. The maximum atomic E-state index is 12.1. The predicted octanol–water partition coefficient (Wildman–Crippen LogP) is 2.85. The Labute approximate surface area is 122 Å². The number of esters is 1. The number of carbonyl (C=O) groups excluding carboxylic acids is 1. The molecule has 1 atom stereocenters. The summed E-state index contributed by atoms with van der Waals surface area (Å²) in [5.41, 5.74) is 1.75. The van der Waals surface area contributed by atoms with Crippen molar-refractivity contribution >= 4 is 17.3 Å². The van der Waals surface area contributed by atoms with E-state index in [0.29, 0.717) is 13.2 Å². The molecule has 0 aliphatic carbocycles. The lowest BCUT2D eigenvalue weighted by atomic mass is 10.1. The molecule has 0 radical (unpaired) electrons. The summed E-state index contributed by atoms with van der Waals surface area (Å²) >= 11 is 1.66. The SMILES string of the molecule is CCOC(=O)C(NCc1cccs1)c1ccc(C)nc1. The maximum Gasteiger partial charge on any atom is 0.327 e. The van der Waals surface area contributed by atoms with E-state index in [-0.39, 0.29) is 5.97 Å². The molecule has 2 rings (SSSR count). The van der Waals surface area contributed by atoms with Gasteiger partial charge in [0.1, 0.15) is 6.04 Å². The van der Waals surface area contributed by atoms with Crippen LogP contribution < -0.4 is 5.32 Å². The number of hydrogen-bond donors (Lipinski definition) is 1. The van der Waals surface area contributed by atoms with Crippen LogP contribution in [0.3, 0.4) is 0 Å². The number of aromatic nitrogens is 1. The van der Waals surface area contributed by atoms with Crippen LogP contribution in [0.25, 0.3) is 0 Å². The summed E-state index contributed by atoms with van der Waals surface area (Å²) in [5, 5.41) is 5.26. The maximum absolute atomic E-state index is 12.1. The van der Waals surface area contributed by atoms with Gasteiger partial charge in [-0.2, -0.15) is 0 Å². The fourth-order valence-corrected chi connectivity index (χ4v) is 2.48. The average molecular weight is 290 g/mol. The second-order valence-electron chi connectivity index (χ2n) is 4.38. The lowest BCUT2D eigenvalue weighted by Crippen LogP contribution is -2.29. The quantitative estimate of drug-likeness (QED) is 0.831. The Hall–Kier alpha value is -1.72. The third kappa shape index (κ3) is 3.88. The summed E-state index contributed by atoms with van der Waals surface area (Å²) in [6, 6.07) is 7.35. The van der Waals surface area contributed by atoms with Crippen molar-refractivity contribution in [2.24, 2.45) is 0 Å². The molecule has 0 bridgehead atoms. The first-order valence-electron chi connectivity index (χ1n) is 6.55. The Kier molecular flexibility index (Phi) is 5.26. The van der Waals surface area contributed by atoms with Crippen molar-refractivity contribution in [3.63, 3.8) is 0 Å². The highest BCUT2D eigenvalue weighted by atomic mass is 32.1. The third-order valence-electron chi connectivity index (χ3n) is 2.85. The topological polar surface area (TPSA) is 51.2 Å². The van der Waals surface area contributed by atoms with Crippen LogP contribution in [0.5, 0.6) is 0 Å². The van der Waals surface area contributed by atoms with Gasteiger partial charge in [0.25, 0.3) is 0 Å². The average Bonchev–Trinajstić information content (AvgIpc) is 2.94. The predicted molar refractivity (Wildman–Crippen MR) is 79.5 cm³/mol. The number of nitrogens with one attached hydrogen (secondary N) is 1. The fraction of sp³-hybridized carbons (Fsp3) is 0.333. The lowest BCUT2D eigenvalue weighted by Gasteiger charge is -2.17. The first-order valence-corrected chi connectivity index (χ1v) is 7.43. The van der Waals surface area contributed by atoms with Crippen molar-refractivity contribution in [2.45, 2.75) is 26.4 Å². The van der Waals surface area contributed by atoms with Crippen LogP contribution in [0.1, 0.15) is 29.1 Å². The number of pyridine rings is 1. The molecule has 1 N–H and O–H groups in total. The zero-order valence-corrected chi connectivity index (χ0v) is 12.4. The van der Waals surface area contributed by atoms with Crippen molar-refractivity contribution in [1.82, 2.24) is 10.3 Å². The zero-order chi connectivity index (χ0) is 14.4. The highest BCUT2D eigenvalue weighted by molar-refractivity contribution is 7.09. The Morgan fingerprint density at radius 2 is 2.30 bits per heavy atom. The summed E-state index contributed by atoms with van der Waals surface area (Å²) in [6.45, 7) is 4.73. The van der Waals surface area contributed by atoms with E-state index in [4.69, 9.17) is 4.74 Å². The Morgan fingerprint density at radius 1 is 1.45 bits per heavy atom. The van der Waals surface area contributed by atoms with E-state index in [0.717, 1.165) is 11.3 Å². The smallest absolute Gasteiger partial charge is 0.327 e. The Bertz CT molecular complexity index is 538. The first kappa shape index (κ1) is 14.7. The molecule has 4 nitrogen and oxygen atoms in total. The van der Waals surface area contributed by atoms with Gasteiger partial charge >= 0.3 is 5.97 Å². The molecule has 0 aliphatic heterocycles. The molecule has 0 fully saturated rings. The second kappa shape index (κ2) is 7.17. The standard InChI is InChI=1S/C15H18N2O2S/c1-3-19-15(18)14(12-7-6-11(2)16-9-12)17-10-13-5-4-8-20-13/h4-9,14,17H,3,10H2,1-2H3. The van der Waals surface area contributed by atoms with Crippen LogP contribution in [0, 0.1) is 6.92 Å². The summed E-state index contributed by atoms with van der Waals surface area (Å²) < 4.78 is 5.13. The molecule has 5 heteroatoms. The van der Waals surface area contributed by atoms with E-state index >= 15 is 0 Å². The molecule has 0 aliphatic rings. The van der Waals surface area contributed by atoms with Crippen molar-refractivity contribution in [3.8, 4) is 0 Å². The number of hydrogen-bond acceptors (Lipinski definition) is 5. The zero-order valence-electron chi connectivity index (χ0n) is 11.6. The minimum Gasteiger partial charge on any atom is -0.465 e. The number of aryl methyl sites for hydroxylation is 1. The van der Waals surface area contributed by atoms with Gasteiger partial charge in [-0.15, -0.1) is 11.3 Å². The normalized spacial score (nSPS) is 12.1. The minimum atomic E-state index is -0.481. The number of ether oxygens (including phenoxy) is 1. The highest BCUT2D eigenvalue weighted by Gasteiger charge is 2.21. The van der Waals surface area contributed by atoms with E-state index in [2.05, 4.69) is 10.3 Å². The van der Waals surface area contributed by atoms with Gasteiger partial charge in [-0.3, -0.25) is 10.3 Å². The second-order valence-corrected chi connectivity index (χ2v) is 5.41. The molecule has 0 amide bonds. The molecule has 2 aromatic heterocycles. The van der Waals surface area contributed by atoms with Crippen LogP contribution in [0.15, 0.2) is 35.8 Å². The van der Waals surface area contributed by atoms with Crippen LogP contribution in [0.4, 0.5) is 0 Å². The van der Waals surface area contributed by atoms with E-state index in [1.54, 1.807) is 17.5 Å². The number of thiophene rings is 1. The summed E-state index contributed by atoms with van der Waals surface area (Å²) in [4.78, 5) is 17.5. The van der Waals surface area contributed by atoms with Gasteiger partial charge in [0.15, 0.2) is 0 Å². The molecule has 0 aromatic carbocycles. The first-order chi connectivity index (χ1) is 9.70. The largest absolute Gasteiger partial charge is 0.465 e. The van der Waals surface area contributed by atoms with Crippen LogP contribution in [-0.2, 0) is 16.1 Å². The molecule has 2 aromatic rings. The van der Waals surface area contributed by atoms with Crippen molar-refractivity contribution in [2.75, 3.05) is 6.61 Å². The summed E-state index contributed by atoms with van der Waals surface area (Å²) in [7, 11) is 0. The van der Waals surface area contributed by atoms with Gasteiger partial charge in [-0.1, -0.05) is 12.1 Å². The molecular weight excluding hydrogens is 272 g/mol. The molecule has 106 valence electrons. The lowest BCUT2D eigenvalue weighted by molar-refractivity contribution is -0.145. The molecule has 0 spiro atoms. The Balaban J connectivity index is 2.11. The molecule has 1 unspecified atom stereocenters. The van der Waals surface area contributed by atoms with E-state index in [1.165, 1.54) is 4.88 Å². The number of nitrogens with zero attached hydrogens (tertiary/aromatic N) is 1. The van der Waals surface area contributed by atoms with Crippen LogP contribution in [-0.4, -0.2) is 17.6 Å². The summed E-state index contributed by atoms with van der Waals surface area (Å²) in [5.74, 6) is -0.269. The van der Waals surface area contributed by atoms with Crippen molar-refractivity contribution in [1.29, 1.82) is 0 Å².